The van der Waals surface area contributed by atoms with Gasteiger partial charge in [0.25, 0.3) is 0 Å². The second-order valence-corrected chi connectivity index (χ2v) is 8.05. The maximum absolute atomic E-state index is 12.5. The lowest BCUT2D eigenvalue weighted by atomic mass is 9.98. The first-order valence-electron chi connectivity index (χ1n) is 10.6. The first-order valence-corrected chi connectivity index (χ1v) is 10.6. The summed E-state index contributed by atoms with van der Waals surface area (Å²) in [5.74, 6) is -1.32. The molecule has 1 atom stereocenters. The van der Waals surface area contributed by atoms with E-state index >= 15 is 0 Å². The molecule has 7 heteroatoms. The van der Waals surface area contributed by atoms with Gasteiger partial charge in [-0.2, -0.15) is 0 Å². The zero-order chi connectivity index (χ0) is 22.0. The molecule has 7 nitrogen and oxygen atoms in total. The van der Waals surface area contributed by atoms with Crippen LogP contribution in [0.25, 0.3) is 11.1 Å². The van der Waals surface area contributed by atoms with E-state index in [1.165, 1.54) is 11.8 Å². The van der Waals surface area contributed by atoms with E-state index in [4.69, 9.17) is 4.74 Å². The second-order valence-electron chi connectivity index (χ2n) is 8.05. The molecule has 0 aliphatic heterocycles. The minimum absolute atomic E-state index is 0.00643. The molecule has 1 unspecified atom stereocenters. The molecule has 2 aromatic carbocycles. The Hall–Kier alpha value is -3.35. The number of hydrogen-bond acceptors (Lipinski definition) is 4. The van der Waals surface area contributed by atoms with Crippen LogP contribution in [0.5, 0.6) is 0 Å². The third-order valence-corrected chi connectivity index (χ3v) is 5.95. The van der Waals surface area contributed by atoms with Gasteiger partial charge in [-0.1, -0.05) is 48.5 Å². The number of fused-ring (bicyclic) bond motifs is 3. The number of ether oxygens (including phenoxy) is 1. The van der Waals surface area contributed by atoms with Crippen LogP contribution in [0.15, 0.2) is 48.5 Å². The predicted octanol–water partition coefficient (Wildman–Crippen LogP) is 3.38. The normalized spacial score (nSPS) is 15.5. The number of amides is 2. The highest BCUT2D eigenvalue weighted by Gasteiger charge is 2.38. The van der Waals surface area contributed by atoms with Crippen molar-refractivity contribution in [2.45, 2.75) is 44.2 Å². The summed E-state index contributed by atoms with van der Waals surface area (Å²) in [4.78, 5) is 37.4. The Labute approximate surface area is 181 Å². The number of carbonyl (C=O) groups is 3. The molecule has 0 bridgehead atoms. The minimum Gasteiger partial charge on any atom is -0.480 e. The summed E-state index contributed by atoms with van der Waals surface area (Å²) in [7, 11) is 0. The van der Waals surface area contributed by atoms with E-state index in [1.807, 2.05) is 24.3 Å². The number of carbonyl (C=O) groups excluding carboxylic acids is 2. The maximum atomic E-state index is 12.5. The highest BCUT2D eigenvalue weighted by Crippen LogP contribution is 2.44. The van der Waals surface area contributed by atoms with Crippen molar-refractivity contribution in [1.82, 2.24) is 10.2 Å². The third-order valence-electron chi connectivity index (χ3n) is 5.95. The highest BCUT2D eigenvalue weighted by atomic mass is 16.5. The summed E-state index contributed by atoms with van der Waals surface area (Å²) < 4.78 is 5.46. The van der Waals surface area contributed by atoms with Crippen LogP contribution in [0.4, 0.5) is 4.79 Å². The van der Waals surface area contributed by atoms with Crippen molar-refractivity contribution >= 4 is 18.0 Å². The van der Waals surface area contributed by atoms with Crippen molar-refractivity contribution in [3.8, 4) is 11.1 Å². The zero-order valence-electron chi connectivity index (χ0n) is 17.4. The lowest BCUT2D eigenvalue weighted by Crippen LogP contribution is -2.45. The third kappa shape index (κ3) is 4.40. The van der Waals surface area contributed by atoms with Crippen molar-refractivity contribution < 1.29 is 24.2 Å². The van der Waals surface area contributed by atoms with Gasteiger partial charge in [-0.25, -0.2) is 9.59 Å². The van der Waals surface area contributed by atoms with Gasteiger partial charge in [0, 0.05) is 24.9 Å². The monoisotopic (exact) mass is 422 g/mol. The van der Waals surface area contributed by atoms with Crippen LogP contribution in [0.3, 0.4) is 0 Å². The molecule has 2 aliphatic rings. The molecule has 0 spiro atoms. The van der Waals surface area contributed by atoms with Crippen LogP contribution < -0.4 is 5.32 Å². The van der Waals surface area contributed by atoms with Crippen LogP contribution in [0.2, 0.25) is 0 Å². The van der Waals surface area contributed by atoms with E-state index in [-0.39, 0.29) is 37.4 Å². The fourth-order valence-corrected chi connectivity index (χ4v) is 4.26. The first kappa shape index (κ1) is 20.9. The maximum Gasteiger partial charge on any atom is 0.407 e. The van der Waals surface area contributed by atoms with Crippen molar-refractivity contribution in [3.63, 3.8) is 0 Å². The Kier molecular flexibility index (Phi) is 5.93. The van der Waals surface area contributed by atoms with Crippen LogP contribution in [-0.2, 0) is 14.3 Å². The van der Waals surface area contributed by atoms with Gasteiger partial charge in [0.05, 0.1) is 0 Å². The average molecular weight is 422 g/mol. The molecule has 2 aromatic rings. The van der Waals surface area contributed by atoms with Crippen LogP contribution in [0, 0.1) is 0 Å². The molecule has 2 amide bonds. The molecule has 31 heavy (non-hydrogen) atoms. The topological polar surface area (TPSA) is 95.9 Å². The van der Waals surface area contributed by atoms with Crippen molar-refractivity contribution in [2.75, 3.05) is 13.2 Å². The summed E-state index contributed by atoms with van der Waals surface area (Å²) >= 11 is 0. The molecule has 1 saturated carbocycles. The van der Waals surface area contributed by atoms with Crippen LogP contribution in [0.1, 0.15) is 43.2 Å². The number of alkyl carbamates (subject to hydrolysis) is 1. The van der Waals surface area contributed by atoms with E-state index in [1.54, 1.807) is 0 Å². The molecule has 162 valence electrons. The molecular weight excluding hydrogens is 396 g/mol. The number of carboxylic acid groups (broad SMARTS) is 1. The standard InChI is InChI=1S/C24H26N2O5/c1-15(23(28)29)26(16-10-11-16)22(27)12-13-25-24(30)31-14-21-19-8-4-2-6-17(19)18-7-3-5-9-20(18)21/h2-9,15-16,21H,10-14H2,1H3,(H,25,30)(H,28,29). The van der Waals surface area contributed by atoms with E-state index in [9.17, 15) is 19.5 Å². The number of rotatable bonds is 8. The summed E-state index contributed by atoms with van der Waals surface area (Å²) in [5.41, 5.74) is 4.58. The largest absolute Gasteiger partial charge is 0.480 e. The van der Waals surface area contributed by atoms with E-state index in [0.29, 0.717) is 0 Å². The van der Waals surface area contributed by atoms with Crippen LogP contribution in [-0.4, -0.2) is 53.2 Å². The van der Waals surface area contributed by atoms with E-state index in [0.717, 1.165) is 35.1 Å². The van der Waals surface area contributed by atoms with Gasteiger partial charge >= 0.3 is 12.1 Å². The Morgan fingerprint density at radius 1 is 1.06 bits per heavy atom. The van der Waals surface area contributed by atoms with Crippen molar-refractivity contribution in [1.29, 1.82) is 0 Å². The number of aliphatic carboxylic acids is 1. The Morgan fingerprint density at radius 3 is 2.19 bits per heavy atom. The number of carboxylic acids is 1. The molecule has 0 radical (unpaired) electrons. The summed E-state index contributed by atoms with van der Waals surface area (Å²) in [5, 5.41) is 11.8. The van der Waals surface area contributed by atoms with Gasteiger partial charge in [-0.3, -0.25) is 4.79 Å². The fraction of sp³-hybridized carbons (Fsp3) is 0.375. The van der Waals surface area contributed by atoms with E-state index < -0.39 is 18.1 Å². The molecule has 0 aromatic heterocycles. The average Bonchev–Trinajstić information content (AvgIpc) is 3.54. The van der Waals surface area contributed by atoms with Crippen LogP contribution >= 0.6 is 0 Å². The summed E-state index contributed by atoms with van der Waals surface area (Å²) in [6.07, 6.45) is 1.10. The molecule has 0 heterocycles. The first-order chi connectivity index (χ1) is 15.0. The fourth-order valence-electron chi connectivity index (χ4n) is 4.26. The number of benzene rings is 2. The molecule has 0 saturated heterocycles. The zero-order valence-corrected chi connectivity index (χ0v) is 17.4. The van der Waals surface area contributed by atoms with Gasteiger partial charge < -0.3 is 20.1 Å². The summed E-state index contributed by atoms with van der Waals surface area (Å²) in [6.45, 7) is 1.82. The van der Waals surface area contributed by atoms with Gasteiger partial charge in [0.2, 0.25) is 5.91 Å². The smallest absolute Gasteiger partial charge is 0.407 e. The van der Waals surface area contributed by atoms with Gasteiger partial charge in [0.1, 0.15) is 12.6 Å². The molecule has 1 fully saturated rings. The van der Waals surface area contributed by atoms with Gasteiger partial charge in [-0.05, 0) is 42.0 Å². The minimum atomic E-state index is -1.02. The Morgan fingerprint density at radius 2 is 1.65 bits per heavy atom. The second kappa shape index (κ2) is 8.79. The lowest BCUT2D eigenvalue weighted by Gasteiger charge is -2.26. The van der Waals surface area contributed by atoms with Gasteiger partial charge in [0.15, 0.2) is 0 Å². The lowest BCUT2D eigenvalue weighted by molar-refractivity contribution is -0.150. The summed E-state index contributed by atoms with van der Waals surface area (Å²) in [6, 6.07) is 15.3. The highest BCUT2D eigenvalue weighted by molar-refractivity contribution is 5.84. The van der Waals surface area contributed by atoms with Crippen molar-refractivity contribution in [3.05, 3.63) is 59.7 Å². The number of hydrogen-bond donors (Lipinski definition) is 2. The molecular formula is C24H26N2O5. The SMILES string of the molecule is CC(C(=O)O)N(C(=O)CCNC(=O)OCC1c2ccccc2-c2ccccc21)C1CC1. The Bertz CT molecular complexity index is 955. The van der Waals surface area contributed by atoms with Gasteiger partial charge in [-0.15, -0.1) is 0 Å². The number of nitrogens with zero attached hydrogens (tertiary/aromatic N) is 1. The molecule has 2 aliphatic carbocycles. The van der Waals surface area contributed by atoms with E-state index in [2.05, 4.69) is 29.6 Å². The number of nitrogens with one attached hydrogen (secondary N) is 1. The molecule has 4 rings (SSSR count). The van der Waals surface area contributed by atoms with Crippen molar-refractivity contribution in [2.24, 2.45) is 0 Å². The predicted molar refractivity (Wildman–Crippen MR) is 115 cm³/mol. The Balaban J connectivity index is 1.29. The quantitative estimate of drug-likeness (QED) is 0.680. The molecule has 2 N–H and O–H groups in total.